The Bertz CT molecular complexity index is 307. The highest BCUT2D eigenvalue weighted by Crippen LogP contribution is 2.18. The van der Waals surface area contributed by atoms with Crippen molar-refractivity contribution in [2.45, 2.75) is 32.4 Å². The largest absolute Gasteiger partial charge is 0.480 e. The Labute approximate surface area is 88.0 Å². The lowest BCUT2D eigenvalue weighted by Gasteiger charge is -2.19. The Morgan fingerprint density at radius 3 is 2.47 bits per heavy atom. The highest BCUT2D eigenvalue weighted by molar-refractivity contribution is 5.92. The second-order valence-corrected chi connectivity index (χ2v) is 3.96. The van der Waals surface area contributed by atoms with Crippen molar-refractivity contribution in [2.24, 2.45) is 0 Å². The zero-order valence-corrected chi connectivity index (χ0v) is 8.80. The summed E-state index contributed by atoms with van der Waals surface area (Å²) in [6, 6.07) is -0.900. The van der Waals surface area contributed by atoms with Gasteiger partial charge >= 0.3 is 5.97 Å². The molecular formula is C10H15NO4. The predicted molar refractivity (Wildman–Crippen MR) is 53.2 cm³/mol. The number of allylic oxidation sites excluding steroid dienone is 1. The molecule has 0 spiro atoms. The Morgan fingerprint density at radius 2 is 2.00 bits per heavy atom. The first kappa shape index (κ1) is 11.7. The van der Waals surface area contributed by atoms with Gasteiger partial charge in [-0.25, -0.2) is 4.79 Å². The molecule has 0 aromatic carbocycles. The van der Waals surface area contributed by atoms with Gasteiger partial charge in [-0.15, -0.1) is 0 Å². The van der Waals surface area contributed by atoms with Gasteiger partial charge in [-0.3, -0.25) is 4.79 Å². The van der Waals surface area contributed by atoms with Crippen molar-refractivity contribution in [3.8, 4) is 0 Å². The maximum Gasteiger partial charge on any atom is 0.326 e. The fraction of sp³-hybridized carbons (Fsp3) is 0.600. The van der Waals surface area contributed by atoms with E-state index < -0.39 is 18.1 Å². The van der Waals surface area contributed by atoms with Crippen LogP contribution in [0.2, 0.25) is 0 Å². The van der Waals surface area contributed by atoms with E-state index >= 15 is 0 Å². The number of carboxylic acid groups (broad SMARTS) is 1. The lowest BCUT2D eigenvalue weighted by Crippen LogP contribution is -2.39. The topological polar surface area (TPSA) is 77.8 Å². The molecule has 1 aliphatic heterocycles. The Balaban J connectivity index is 2.80. The fourth-order valence-electron chi connectivity index (χ4n) is 1.62. The molecule has 1 heterocycles. The maximum absolute atomic E-state index is 11.6. The van der Waals surface area contributed by atoms with Crippen LogP contribution in [0.1, 0.15) is 20.3 Å². The van der Waals surface area contributed by atoms with Gasteiger partial charge in [0.25, 0.3) is 0 Å². The number of aliphatic carboxylic acids is 1. The third-order valence-corrected chi connectivity index (χ3v) is 2.26. The number of hydrogen-bond donors (Lipinski definition) is 2. The maximum atomic E-state index is 11.6. The average molecular weight is 213 g/mol. The minimum Gasteiger partial charge on any atom is -0.480 e. The summed E-state index contributed by atoms with van der Waals surface area (Å²) in [5, 5.41) is 18.2. The van der Waals surface area contributed by atoms with E-state index in [-0.39, 0.29) is 18.9 Å². The second-order valence-electron chi connectivity index (χ2n) is 3.96. The molecular weight excluding hydrogens is 198 g/mol. The van der Waals surface area contributed by atoms with Crippen LogP contribution in [-0.4, -0.2) is 45.7 Å². The van der Waals surface area contributed by atoms with Crippen LogP contribution in [0, 0.1) is 0 Å². The summed E-state index contributed by atoms with van der Waals surface area (Å²) in [6.07, 6.45) is 0.756. The first-order chi connectivity index (χ1) is 6.91. The molecule has 5 nitrogen and oxygen atoms in total. The van der Waals surface area contributed by atoms with Gasteiger partial charge in [0.1, 0.15) is 6.04 Å². The van der Waals surface area contributed by atoms with E-state index in [0.717, 1.165) is 5.57 Å². The van der Waals surface area contributed by atoms with Crippen LogP contribution in [0.15, 0.2) is 11.6 Å². The van der Waals surface area contributed by atoms with Gasteiger partial charge in [-0.1, -0.05) is 5.57 Å². The number of hydrogen-bond acceptors (Lipinski definition) is 3. The summed E-state index contributed by atoms with van der Waals surface area (Å²) in [4.78, 5) is 23.6. The number of rotatable bonds is 2. The zero-order valence-electron chi connectivity index (χ0n) is 8.80. The summed E-state index contributed by atoms with van der Waals surface area (Å²) in [5.74, 6) is -1.42. The number of aliphatic hydroxyl groups excluding tert-OH is 1. The molecule has 84 valence electrons. The van der Waals surface area contributed by atoms with Crippen LogP contribution in [0.25, 0.3) is 0 Å². The molecule has 1 aliphatic rings. The Kier molecular flexibility index (Phi) is 3.47. The van der Waals surface area contributed by atoms with Crippen LogP contribution in [0.4, 0.5) is 0 Å². The van der Waals surface area contributed by atoms with Crippen molar-refractivity contribution in [2.75, 3.05) is 6.54 Å². The van der Waals surface area contributed by atoms with Gasteiger partial charge in [-0.2, -0.15) is 0 Å². The number of carbonyl (C=O) groups excluding carboxylic acids is 1. The van der Waals surface area contributed by atoms with Crippen molar-refractivity contribution in [3.05, 3.63) is 11.6 Å². The number of likely N-dealkylation sites (tertiary alicyclic amines) is 1. The first-order valence-corrected chi connectivity index (χ1v) is 4.78. The summed E-state index contributed by atoms with van der Waals surface area (Å²) >= 11 is 0. The molecule has 0 radical (unpaired) electrons. The second kappa shape index (κ2) is 4.44. The summed E-state index contributed by atoms with van der Waals surface area (Å²) < 4.78 is 0. The summed E-state index contributed by atoms with van der Waals surface area (Å²) in [5.41, 5.74) is 0.811. The first-order valence-electron chi connectivity index (χ1n) is 4.78. The number of amides is 1. The molecule has 1 fully saturated rings. The van der Waals surface area contributed by atoms with Gasteiger partial charge in [0.15, 0.2) is 0 Å². The third kappa shape index (κ3) is 2.79. The molecule has 1 rings (SSSR count). The minimum atomic E-state index is -1.07. The van der Waals surface area contributed by atoms with Crippen molar-refractivity contribution in [1.82, 2.24) is 4.90 Å². The van der Waals surface area contributed by atoms with E-state index in [9.17, 15) is 14.7 Å². The van der Waals surface area contributed by atoms with Crippen LogP contribution < -0.4 is 0 Å². The molecule has 0 aliphatic carbocycles. The van der Waals surface area contributed by atoms with Crippen molar-refractivity contribution >= 4 is 11.9 Å². The molecule has 2 atom stereocenters. The number of aliphatic hydroxyl groups is 1. The Hall–Kier alpha value is -1.36. The molecule has 5 heteroatoms. The summed E-state index contributed by atoms with van der Waals surface area (Å²) in [6.45, 7) is 3.62. The third-order valence-electron chi connectivity index (χ3n) is 2.26. The van der Waals surface area contributed by atoms with Crippen LogP contribution in [-0.2, 0) is 9.59 Å². The smallest absolute Gasteiger partial charge is 0.326 e. The van der Waals surface area contributed by atoms with Crippen LogP contribution >= 0.6 is 0 Å². The standard InChI is InChI=1S/C10H15NO4/c1-6(2)3-9(13)11-5-7(12)4-8(11)10(14)15/h3,7-8,12H,4-5H2,1-2H3,(H,14,15)/t7?,8-/m0/s1. The zero-order chi connectivity index (χ0) is 11.6. The average Bonchev–Trinajstić information content (AvgIpc) is 2.46. The van der Waals surface area contributed by atoms with E-state index in [4.69, 9.17) is 5.11 Å². The molecule has 15 heavy (non-hydrogen) atoms. The lowest BCUT2D eigenvalue weighted by molar-refractivity contribution is -0.146. The van der Waals surface area contributed by atoms with Crippen molar-refractivity contribution in [1.29, 1.82) is 0 Å². The number of carboxylic acids is 1. The van der Waals surface area contributed by atoms with E-state index in [1.54, 1.807) is 13.8 Å². The predicted octanol–water partition coefficient (Wildman–Crippen LogP) is -0.00100. The molecule has 1 amide bonds. The minimum absolute atomic E-state index is 0.0968. The van der Waals surface area contributed by atoms with Gasteiger partial charge in [0.2, 0.25) is 5.91 Å². The quantitative estimate of drug-likeness (QED) is 0.633. The lowest BCUT2D eigenvalue weighted by atomic mass is 10.2. The van der Waals surface area contributed by atoms with Crippen molar-refractivity contribution < 1.29 is 19.8 Å². The SMILES string of the molecule is CC(C)=CC(=O)N1CC(O)C[C@H]1C(=O)O. The highest BCUT2D eigenvalue weighted by Gasteiger charge is 2.37. The molecule has 0 aromatic rings. The molecule has 2 N–H and O–H groups in total. The normalized spacial score (nSPS) is 25.1. The van der Waals surface area contributed by atoms with Gasteiger partial charge in [-0.05, 0) is 13.8 Å². The number of carbonyl (C=O) groups is 2. The monoisotopic (exact) mass is 213 g/mol. The van der Waals surface area contributed by atoms with E-state index in [1.807, 2.05) is 0 Å². The van der Waals surface area contributed by atoms with Gasteiger partial charge < -0.3 is 15.1 Å². The molecule has 1 unspecified atom stereocenters. The molecule has 0 bridgehead atoms. The van der Waals surface area contributed by atoms with Gasteiger partial charge in [0, 0.05) is 19.0 Å². The van der Waals surface area contributed by atoms with Crippen LogP contribution in [0.5, 0.6) is 0 Å². The highest BCUT2D eigenvalue weighted by atomic mass is 16.4. The number of nitrogens with zero attached hydrogens (tertiary/aromatic N) is 1. The number of β-amino-alcohol motifs (C(OH)–C–C–N with tert-alkyl or cyclic N) is 1. The van der Waals surface area contributed by atoms with E-state index in [1.165, 1.54) is 11.0 Å². The van der Waals surface area contributed by atoms with E-state index in [0.29, 0.717) is 0 Å². The summed E-state index contributed by atoms with van der Waals surface area (Å²) in [7, 11) is 0. The van der Waals surface area contributed by atoms with Gasteiger partial charge in [0.05, 0.1) is 6.10 Å². The molecule has 0 aromatic heterocycles. The molecule has 0 saturated carbocycles. The molecule has 1 saturated heterocycles. The Morgan fingerprint density at radius 1 is 1.40 bits per heavy atom. The van der Waals surface area contributed by atoms with Crippen LogP contribution in [0.3, 0.4) is 0 Å². The van der Waals surface area contributed by atoms with E-state index in [2.05, 4.69) is 0 Å². The van der Waals surface area contributed by atoms with Crippen molar-refractivity contribution in [3.63, 3.8) is 0 Å². The fourth-order valence-corrected chi connectivity index (χ4v) is 1.62.